The number of aromatic nitrogens is 3. The average Bonchev–Trinajstić information content (AvgIpc) is 2.75. The highest BCUT2D eigenvalue weighted by molar-refractivity contribution is 5.76. The van der Waals surface area contributed by atoms with Gasteiger partial charge in [-0.1, -0.05) is 6.07 Å². The van der Waals surface area contributed by atoms with Crippen LogP contribution in [0.25, 0.3) is 5.65 Å². The van der Waals surface area contributed by atoms with Gasteiger partial charge < -0.3 is 9.64 Å². The van der Waals surface area contributed by atoms with Crippen LogP contribution in [0.2, 0.25) is 0 Å². The van der Waals surface area contributed by atoms with Crippen molar-refractivity contribution in [1.29, 1.82) is 0 Å². The summed E-state index contributed by atoms with van der Waals surface area (Å²) in [5, 5.41) is 4.17. The molecule has 1 saturated heterocycles. The van der Waals surface area contributed by atoms with Crippen LogP contribution in [0.1, 0.15) is 13.8 Å². The Kier molecular flexibility index (Phi) is 3.50. The summed E-state index contributed by atoms with van der Waals surface area (Å²) < 4.78 is 8.25. The van der Waals surface area contributed by atoms with Crippen LogP contribution in [0.3, 0.4) is 0 Å². The maximum Gasteiger partial charge on any atom is 0.350 e. The first kappa shape index (κ1) is 13.8. The van der Waals surface area contributed by atoms with Gasteiger partial charge in [0.15, 0.2) is 5.65 Å². The molecule has 112 valence electrons. The fourth-order valence-electron chi connectivity index (χ4n) is 2.68. The number of rotatable bonds is 2. The van der Waals surface area contributed by atoms with Gasteiger partial charge in [0.25, 0.3) is 0 Å². The zero-order chi connectivity index (χ0) is 15.0. The Labute approximate surface area is 121 Å². The van der Waals surface area contributed by atoms with Crippen molar-refractivity contribution in [1.82, 2.24) is 19.1 Å². The summed E-state index contributed by atoms with van der Waals surface area (Å²) >= 11 is 0. The lowest BCUT2D eigenvalue weighted by Crippen LogP contribution is -2.49. The Morgan fingerprint density at radius 3 is 2.71 bits per heavy atom. The molecule has 7 heteroatoms. The van der Waals surface area contributed by atoms with Gasteiger partial charge in [-0.2, -0.15) is 0 Å². The van der Waals surface area contributed by atoms with Crippen molar-refractivity contribution >= 4 is 11.6 Å². The van der Waals surface area contributed by atoms with Gasteiger partial charge in [-0.15, -0.1) is 5.10 Å². The average molecular weight is 290 g/mol. The van der Waals surface area contributed by atoms with Crippen LogP contribution in [0.5, 0.6) is 0 Å². The number of ether oxygens (including phenoxy) is 1. The minimum Gasteiger partial charge on any atom is -0.372 e. The first-order valence-corrected chi connectivity index (χ1v) is 7.02. The molecular formula is C14H18N4O3. The maximum absolute atomic E-state index is 12.3. The number of nitrogens with zero attached hydrogens (tertiary/aromatic N) is 4. The van der Waals surface area contributed by atoms with Crippen molar-refractivity contribution in [3.05, 3.63) is 34.9 Å². The van der Waals surface area contributed by atoms with Crippen LogP contribution in [0, 0.1) is 0 Å². The molecule has 0 unspecified atom stereocenters. The quantitative estimate of drug-likeness (QED) is 0.788. The van der Waals surface area contributed by atoms with Crippen molar-refractivity contribution in [2.75, 3.05) is 13.1 Å². The Morgan fingerprint density at radius 1 is 1.33 bits per heavy atom. The zero-order valence-corrected chi connectivity index (χ0v) is 12.1. The highest BCUT2D eigenvalue weighted by Gasteiger charge is 2.26. The van der Waals surface area contributed by atoms with Crippen molar-refractivity contribution in [2.45, 2.75) is 32.6 Å². The fourth-order valence-corrected chi connectivity index (χ4v) is 2.68. The Bertz CT molecular complexity index is 710. The Balaban J connectivity index is 1.80. The lowest BCUT2D eigenvalue weighted by molar-refractivity contribution is -0.144. The Morgan fingerprint density at radius 2 is 2.05 bits per heavy atom. The van der Waals surface area contributed by atoms with E-state index < -0.39 is 0 Å². The molecule has 0 bridgehead atoms. The molecule has 0 aliphatic carbocycles. The summed E-state index contributed by atoms with van der Waals surface area (Å²) in [5.41, 5.74) is 0.243. The molecule has 2 atom stereocenters. The predicted molar refractivity (Wildman–Crippen MR) is 76.0 cm³/mol. The van der Waals surface area contributed by atoms with Crippen LogP contribution < -0.4 is 5.69 Å². The maximum atomic E-state index is 12.3. The normalized spacial score (nSPS) is 22.7. The summed E-state index contributed by atoms with van der Waals surface area (Å²) in [6.45, 7) is 4.93. The smallest absolute Gasteiger partial charge is 0.350 e. The van der Waals surface area contributed by atoms with Crippen LogP contribution >= 0.6 is 0 Å². The molecule has 2 aromatic heterocycles. The molecule has 0 aromatic carbocycles. The van der Waals surface area contributed by atoms with E-state index in [4.69, 9.17) is 4.74 Å². The number of amides is 1. The minimum absolute atomic E-state index is 0.00971. The predicted octanol–water partition coefficient (Wildman–Crippen LogP) is 0.132. The number of carbonyl (C=O) groups is 1. The van der Waals surface area contributed by atoms with E-state index in [1.54, 1.807) is 29.3 Å². The number of morpholine rings is 1. The molecule has 21 heavy (non-hydrogen) atoms. The van der Waals surface area contributed by atoms with Crippen molar-refractivity contribution in [3.8, 4) is 0 Å². The van der Waals surface area contributed by atoms with Gasteiger partial charge in [-0.25, -0.2) is 9.48 Å². The van der Waals surface area contributed by atoms with Crippen LogP contribution in [-0.4, -0.2) is 50.3 Å². The van der Waals surface area contributed by atoms with Gasteiger partial charge in [0, 0.05) is 19.3 Å². The van der Waals surface area contributed by atoms with Gasteiger partial charge in [0.1, 0.15) is 6.54 Å². The molecule has 7 nitrogen and oxygen atoms in total. The van der Waals surface area contributed by atoms with Crippen LogP contribution in [0.15, 0.2) is 29.2 Å². The molecule has 1 aliphatic heterocycles. The molecule has 0 N–H and O–H groups in total. The Hall–Kier alpha value is -2.15. The third kappa shape index (κ3) is 2.69. The lowest BCUT2D eigenvalue weighted by Gasteiger charge is -2.35. The lowest BCUT2D eigenvalue weighted by atomic mass is 10.2. The molecule has 1 amide bonds. The standard InChI is InChI=1S/C14H18N4O3/c1-10-7-16(8-11(2)21-10)13(19)9-18-14(20)17-6-4-3-5-12(17)15-18/h3-6,10-11H,7-9H2,1-2H3/t10-,11+. The largest absolute Gasteiger partial charge is 0.372 e. The number of carbonyl (C=O) groups excluding carboxylic acids is 1. The summed E-state index contributed by atoms with van der Waals surface area (Å²) in [6.07, 6.45) is 1.66. The second-order valence-corrected chi connectivity index (χ2v) is 5.43. The van der Waals surface area contributed by atoms with Crippen molar-refractivity contribution in [2.24, 2.45) is 0 Å². The van der Waals surface area contributed by atoms with Gasteiger partial charge in [0.05, 0.1) is 12.2 Å². The third-order valence-corrected chi connectivity index (χ3v) is 3.55. The molecule has 0 saturated carbocycles. The highest BCUT2D eigenvalue weighted by Crippen LogP contribution is 2.11. The molecule has 3 rings (SSSR count). The van der Waals surface area contributed by atoms with Gasteiger partial charge in [-0.3, -0.25) is 9.20 Å². The number of hydrogen-bond acceptors (Lipinski definition) is 4. The third-order valence-electron chi connectivity index (χ3n) is 3.55. The van der Waals surface area contributed by atoms with E-state index in [-0.39, 0.29) is 30.3 Å². The van der Waals surface area contributed by atoms with Gasteiger partial charge in [-0.05, 0) is 26.0 Å². The van der Waals surface area contributed by atoms with E-state index in [1.165, 1.54) is 9.08 Å². The molecule has 0 radical (unpaired) electrons. The van der Waals surface area contributed by atoms with E-state index in [9.17, 15) is 9.59 Å². The molecule has 2 aromatic rings. The van der Waals surface area contributed by atoms with Crippen LogP contribution in [0.4, 0.5) is 0 Å². The molecule has 1 fully saturated rings. The van der Waals surface area contributed by atoms with Gasteiger partial charge >= 0.3 is 5.69 Å². The first-order chi connectivity index (χ1) is 10.0. The molecule has 1 aliphatic rings. The van der Waals surface area contributed by atoms with Crippen molar-refractivity contribution < 1.29 is 9.53 Å². The molecule has 3 heterocycles. The summed E-state index contributed by atoms with van der Waals surface area (Å²) in [6, 6.07) is 5.30. The summed E-state index contributed by atoms with van der Waals surface area (Å²) in [5.74, 6) is -0.109. The highest BCUT2D eigenvalue weighted by atomic mass is 16.5. The second-order valence-electron chi connectivity index (χ2n) is 5.43. The second kappa shape index (κ2) is 5.33. The first-order valence-electron chi connectivity index (χ1n) is 7.02. The number of pyridine rings is 1. The van der Waals surface area contributed by atoms with Crippen LogP contribution in [-0.2, 0) is 16.1 Å². The zero-order valence-electron chi connectivity index (χ0n) is 12.1. The number of fused-ring (bicyclic) bond motifs is 1. The molecule has 0 spiro atoms. The fraction of sp³-hybridized carbons (Fsp3) is 0.500. The minimum atomic E-state index is -0.298. The van der Waals surface area contributed by atoms with E-state index in [0.717, 1.165) is 0 Å². The monoisotopic (exact) mass is 290 g/mol. The summed E-state index contributed by atoms with van der Waals surface area (Å²) in [4.78, 5) is 26.2. The topological polar surface area (TPSA) is 68.8 Å². The van der Waals surface area contributed by atoms with Gasteiger partial charge in [0.2, 0.25) is 5.91 Å². The number of hydrogen-bond donors (Lipinski definition) is 0. The van der Waals surface area contributed by atoms with E-state index >= 15 is 0 Å². The van der Waals surface area contributed by atoms with E-state index in [1.807, 2.05) is 13.8 Å². The SMILES string of the molecule is C[C@@H]1CN(C(=O)Cn2nc3ccccn3c2=O)C[C@H](C)O1. The van der Waals surface area contributed by atoms with Crippen molar-refractivity contribution in [3.63, 3.8) is 0 Å². The summed E-state index contributed by atoms with van der Waals surface area (Å²) in [7, 11) is 0. The van der Waals surface area contributed by atoms with E-state index in [0.29, 0.717) is 18.7 Å². The molecular weight excluding hydrogens is 272 g/mol. The van der Waals surface area contributed by atoms with E-state index in [2.05, 4.69) is 5.10 Å².